The molecule has 0 aliphatic heterocycles. The first-order valence-electron chi connectivity index (χ1n) is 11.0. The molecular weight excluding hydrogens is 447 g/mol. The van der Waals surface area contributed by atoms with Crippen LogP contribution in [-0.4, -0.2) is 35.0 Å². The molecule has 0 aliphatic rings. The molecule has 1 atom stereocenters. The van der Waals surface area contributed by atoms with Crippen LogP contribution in [0.2, 0.25) is 0 Å². The number of amides is 1. The standard InChI is InChI=1S/C25H23FN8O/c1-14-8-21(34-23(14)24(27)29-12-31-34)18-9-20(15(2)28-10-18)25(35)32-22-11-33(13-30-22)16(3)17-4-6-19(26)7-5-17/h4-13,16H,1-3H3,(H,32,35)(H2,27,29,31). The van der Waals surface area contributed by atoms with Gasteiger partial charge in [0.15, 0.2) is 11.6 Å². The SMILES string of the molecule is Cc1ncc(-c2cc(C)c3c(N)ncnn23)cc1C(=O)Nc1cn(C(C)c2ccc(F)cc2)cn1. The molecule has 1 unspecified atom stereocenters. The van der Waals surface area contributed by atoms with Crippen molar-refractivity contribution in [3.8, 4) is 11.3 Å². The first kappa shape index (κ1) is 22.2. The number of nitrogens with one attached hydrogen (secondary N) is 1. The van der Waals surface area contributed by atoms with E-state index in [9.17, 15) is 9.18 Å². The molecule has 0 saturated heterocycles. The van der Waals surface area contributed by atoms with Gasteiger partial charge in [-0.05, 0) is 56.2 Å². The van der Waals surface area contributed by atoms with Crippen LogP contribution in [0.4, 0.5) is 16.0 Å². The number of nitrogens with two attached hydrogens (primary N) is 1. The number of carbonyl (C=O) groups is 1. The summed E-state index contributed by atoms with van der Waals surface area (Å²) in [5.74, 6) is 0.165. The van der Waals surface area contributed by atoms with Gasteiger partial charge in [-0.25, -0.2) is 18.9 Å². The number of benzene rings is 1. The Morgan fingerprint density at radius 2 is 1.89 bits per heavy atom. The molecule has 3 N–H and O–H groups in total. The van der Waals surface area contributed by atoms with Gasteiger partial charge in [0, 0.05) is 18.0 Å². The number of aryl methyl sites for hydroxylation is 2. The highest BCUT2D eigenvalue weighted by Crippen LogP contribution is 2.28. The van der Waals surface area contributed by atoms with E-state index in [1.165, 1.54) is 18.5 Å². The van der Waals surface area contributed by atoms with Crippen LogP contribution in [0, 0.1) is 19.7 Å². The number of nitrogens with zero attached hydrogens (tertiary/aromatic N) is 6. The number of carbonyl (C=O) groups excluding carboxylic acids is 1. The molecule has 5 aromatic rings. The van der Waals surface area contributed by atoms with E-state index >= 15 is 0 Å². The summed E-state index contributed by atoms with van der Waals surface area (Å²) >= 11 is 0. The van der Waals surface area contributed by atoms with Crippen molar-refractivity contribution in [1.82, 2.24) is 29.1 Å². The molecule has 1 aromatic carbocycles. The van der Waals surface area contributed by atoms with Crippen molar-refractivity contribution in [1.29, 1.82) is 0 Å². The van der Waals surface area contributed by atoms with Crippen molar-refractivity contribution in [2.24, 2.45) is 0 Å². The number of anilines is 2. The molecule has 0 saturated carbocycles. The van der Waals surface area contributed by atoms with Crippen molar-refractivity contribution in [2.45, 2.75) is 26.8 Å². The number of hydrogen-bond donors (Lipinski definition) is 2. The van der Waals surface area contributed by atoms with Gasteiger partial charge < -0.3 is 15.6 Å². The summed E-state index contributed by atoms with van der Waals surface area (Å²) < 4.78 is 16.8. The first-order valence-corrected chi connectivity index (χ1v) is 11.0. The number of imidazole rings is 1. The van der Waals surface area contributed by atoms with Gasteiger partial charge in [-0.1, -0.05) is 12.1 Å². The Balaban J connectivity index is 1.41. The van der Waals surface area contributed by atoms with E-state index in [-0.39, 0.29) is 17.8 Å². The Morgan fingerprint density at radius 3 is 2.66 bits per heavy atom. The number of hydrogen-bond acceptors (Lipinski definition) is 6. The Morgan fingerprint density at radius 1 is 1.11 bits per heavy atom. The summed E-state index contributed by atoms with van der Waals surface area (Å²) in [6.07, 6.45) is 6.46. The summed E-state index contributed by atoms with van der Waals surface area (Å²) in [6.45, 7) is 5.67. The highest BCUT2D eigenvalue weighted by atomic mass is 19.1. The minimum absolute atomic E-state index is 0.0826. The van der Waals surface area contributed by atoms with Crippen molar-refractivity contribution in [3.05, 3.63) is 89.6 Å². The third kappa shape index (κ3) is 4.10. The summed E-state index contributed by atoms with van der Waals surface area (Å²) in [5, 5.41) is 7.16. The van der Waals surface area contributed by atoms with Gasteiger partial charge in [-0.15, -0.1) is 0 Å². The molecular formula is C25H23FN8O. The quantitative estimate of drug-likeness (QED) is 0.398. The number of fused-ring (bicyclic) bond motifs is 1. The topological polar surface area (TPSA) is 116 Å². The van der Waals surface area contributed by atoms with Gasteiger partial charge in [0.05, 0.1) is 29.3 Å². The summed E-state index contributed by atoms with van der Waals surface area (Å²) in [6, 6.07) is 9.92. The molecule has 5 rings (SSSR count). The fraction of sp³-hybridized carbons (Fsp3) is 0.160. The zero-order valence-electron chi connectivity index (χ0n) is 19.4. The number of halogens is 1. The van der Waals surface area contributed by atoms with E-state index in [4.69, 9.17) is 5.73 Å². The second-order valence-electron chi connectivity index (χ2n) is 8.36. The van der Waals surface area contributed by atoms with Gasteiger partial charge in [-0.2, -0.15) is 5.10 Å². The van der Waals surface area contributed by atoms with Crippen LogP contribution in [0.3, 0.4) is 0 Å². The Bertz CT molecular complexity index is 1550. The average Bonchev–Trinajstić information content (AvgIpc) is 3.44. The molecule has 176 valence electrons. The zero-order chi connectivity index (χ0) is 24.7. The zero-order valence-corrected chi connectivity index (χ0v) is 19.4. The maximum atomic E-state index is 13.2. The van der Waals surface area contributed by atoms with Gasteiger partial charge in [0.1, 0.15) is 17.7 Å². The fourth-order valence-corrected chi connectivity index (χ4v) is 4.07. The Labute approximate surface area is 200 Å². The lowest BCUT2D eigenvalue weighted by molar-refractivity contribution is 0.102. The lowest BCUT2D eigenvalue weighted by atomic mass is 10.1. The van der Waals surface area contributed by atoms with Gasteiger partial charge >= 0.3 is 0 Å². The van der Waals surface area contributed by atoms with Crippen molar-refractivity contribution >= 4 is 23.1 Å². The minimum Gasteiger partial charge on any atom is -0.382 e. The lowest BCUT2D eigenvalue weighted by Crippen LogP contribution is -2.15. The molecule has 0 fully saturated rings. The molecule has 4 heterocycles. The summed E-state index contributed by atoms with van der Waals surface area (Å²) in [4.78, 5) is 25.9. The first-order chi connectivity index (χ1) is 16.8. The molecule has 4 aromatic heterocycles. The molecule has 1 amide bonds. The molecule has 10 heteroatoms. The Kier molecular flexibility index (Phi) is 5.48. The lowest BCUT2D eigenvalue weighted by Gasteiger charge is -2.13. The van der Waals surface area contributed by atoms with Crippen molar-refractivity contribution < 1.29 is 9.18 Å². The van der Waals surface area contributed by atoms with Crippen molar-refractivity contribution in [2.75, 3.05) is 11.1 Å². The van der Waals surface area contributed by atoms with Crippen LogP contribution in [0.5, 0.6) is 0 Å². The minimum atomic E-state index is -0.330. The number of rotatable bonds is 5. The third-order valence-corrected chi connectivity index (χ3v) is 6.04. The van der Waals surface area contributed by atoms with Crippen LogP contribution in [-0.2, 0) is 0 Å². The highest BCUT2D eigenvalue weighted by Gasteiger charge is 2.18. The summed E-state index contributed by atoms with van der Waals surface area (Å²) in [5.41, 5.74) is 11.1. The normalized spacial score (nSPS) is 12.1. The maximum absolute atomic E-state index is 13.2. The maximum Gasteiger partial charge on any atom is 0.258 e. The van der Waals surface area contributed by atoms with Gasteiger partial charge in [0.25, 0.3) is 5.91 Å². The van der Waals surface area contributed by atoms with Crippen LogP contribution in [0.25, 0.3) is 16.8 Å². The third-order valence-electron chi connectivity index (χ3n) is 6.04. The molecule has 0 bridgehead atoms. The monoisotopic (exact) mass is 470 g/mol. The molecule has 0 radical (unpaired) electrons. The van der Waals surface area contributed by atoms with E-state index in [2.05, 4.69) is 25.4 Å². The van der Waals surface area contributed by atoms with Crippen LogP contribution < -0.4 is 11.1 Å². The second-order valence-corrected chi connectivity index (χ2v) is 8.36. The number of nitrogen functional groups attached to an aromatic ring is 1. The molecule has 0 aliphatic carbocycles. The summed E-state index contributed by atoms with van der Waals surface area (Å²) in [7, 11) is 0. The van der Waals surface area contributed by atoms with E-state index in [1.54, 1.807) is 48.4 Å². The number of pyridine rings is 1. The molecule has 0 spiro atoms. The molecule has 35 heavy (non-hydrogen) atoms. The second kappa shape index (κ2) is 8.64. The van der Waals surface area contributed by atoms with E-state index < -0.39 is 0 Å². The van der Waals surface area contributed by atoms with Crippen LogP contribution in [0.15, 0.2) is 61.4 Å². The predicted molar refractivity (Wildman–Crippen MR) is 130 cm³/mol. The fourth-order valence-electron chi connectivity index (χ4n) is 4.07. The highest BCUT2D eigenvalue weighted by molar-refractivity contribution is 6.05. The molecule has 9 nitrogen and oxygen atoms in total. The number of aromatic nitrogens is 6. The largest absolute Gasteiger partial charge is 0.382 e. The van der Waals surface area contributed by atoms with Crippen LogP contribution >= 0.6 is 0 Å². The predicted octanol–water partition coefficient (Wildman–Crippen LogP) is 4.19. The Hall–Kier alpha value is -4.60. The van der Waals surface area contributed by atoms with Crippen LogP contribution in [0.1, 0.15) is 40.1 Å². The van der Waals surface area contributed by atoms with Crippen molar-refractivity contribution in [3.63, 3.8) is 0 Å². The average molecular weight is 471 g/mol. The van der Waals surface area contributed by atoms with Gasteiger partial charge in [0.2, 0.25) is 0 Å². The smallest absolute Gasteiger partial charge is 0.258 e. The van der Waals surface area contributed by atoms with E-state index in [0.717, 1.165) is 27.9 Å². The van der Waals surface area contributed by atoms with E-state index in [1.807, 2.05) is 24.5 Å². The van der Waals surface area contributed by atoms with E-state index in [0.29, 0.717) is 22.9 Å². The van der Waals surface area contributed by atoms with Gasteiger partial charge in [-0.3, -0.25) is 9.78 Å².